The van der Waals surface area contributed by atoms with Gasteiger partial charge in [-0.25, -0.2) is 4.98 Å². The Kier molecular flexibility index (Phi) is 3.22. The minimum absolute atomic E-state index is 0.0308. The summed E-state index contributed by atoms with van der Waals surface area (Å²) in [5, 5.41) is 0.535. The van der Waals surface area contributed by atoms with Crippen molar-refractivity contribution in [3.8, 4) is 5.69 Å². The summed E-state index contributed by atoms with van der Waals surface area (Å²) < 4.78 is 1.52. The Hall–Kier alpha value is -2.27. The molecule has 2 aromatic heterocycles. The van der Waals surface area contributed by atoms with Crippen LogP contribution in [-0.2, 0) is 0 Å². The van der Waals surface area contributed by atoms with Crippen LogP contribution in [0.4, 0.5) is 0 Å². The maximum Gasteiger partial charge on any atom is 0.266 e. The molecule has 106 valence electrons. The lowest BCUT2D eigenvalue weighted by molar-refractivity contribution is 0.102. The monoisotopic (exact) mass is 298 g/mol. The van der Waals surface area contributed by atoms with E-state index in [1.54, 1.807) is 6.92 Å². The average molecular weight is 298 g/mol. The number of aromatic nitrogens is 2. The molecule has 0 unspecified atom stereocenters. The Labute approximate surface area is 125 Å². The second kappa shape index (κ2) is 4.93. The van der Waals surface area contributed by atoms with Crippen molar-refractivity contribution in [3.05, 3.63) is 57.0 Å². The first-order valence-corrected chi connectivity index (χ1v) is 7.39. The van der Waals surface area contributed by atoms with Gasteiger partial charge in [-0.3, -0.25) is 14.2 Å². The highest BCUT2D eigenvalue weighted by molar-refractivity contribution is 7.20. The molecule has 0 N–H and O–H groups in total. The number of rotatable bonds is 2. The molecule has 0 aliphatic rings. The van der Waals surface area contributed by atoms with Crippen LogP contribution >= 0.6 is 11.3 Å². The van der Waals surface area contributed by atoms with Crippen LogP contribution in [0.2, 0.25) is 0 Å². The first-order valence-electron chi connectivity index (χ1n) is 6.58. The molecule has 3 rings (SSSR count). The molecule has 0 atom stereocenters. The van der Waals surface area contributed by atoms with E-state index >= 15 is 0 Å². The maximum atomic E-state index is 12.7. The summed E-state index contributed by atoms with van der Waals surface area (Å²) in [6.45, 7) is 5.31. The topological polar surface area (TPSA) is 52.0 Å². The molecule has 4 nitrogen and oxygen atoms in total. The molecule has 21 heavy (non-hydrogen) atoms. The molecule has 0 radical (unpaired) electrons. The van der Waals surface area contributed by atoms with Crippen LogP contribution in [0.5, 0.6) is 0 Å². The smallest absolute Gasteiger partial charge is 0.266 e. The Morgan fingerprint density at radius 2 is 1.86 bits per heavy atom. The summed E-state index contributed by atoms with van der Waals surface area (Å²) in [7, 11) is 0. The largest absolute Gasteiger partial charge is 0.294 e. The first-order chi connectivity index (χ1) is 9.99. The van der Waals surface area contributed by atoms with Crippen LogP contribution in [0.25, 0.3) is 15.9 Å². The SMILES string of the molecule is CC(=O)c1sc2ncn(-c3ccc(C)cc3)c(=O)c2c1C. The predicted octanol–water partition coefficient (Wildman–Crippen LogP) is 3.27. The van der Waals surface area contributed by atoms with E-state index in [4.69, 9.17) is 0 Å². The molecule has 0 saturated carbocycles. The van der Waals surface area contributed by atoms with E-state index in [-0.39, 0.29) is 11.3 Å². The zero-order valence-corrected chi connectivity index (χ0v) is 12.8. The van der Waals surface area contributed by atoms with Crippen LogP contribution < -0.4 is 5.56 Å². The fraction of sp³-hybridized carbons (Fsp3) is 0.188. The Morgan fingerprint density at radius 1 is 1.19 bits per heavy atom. The molecule has 0 aliphatic carbocycles. The molecular formula is C16H14N2O2S. The Bertz CT molecular complexity index is 904. The number of nitrogens with zero attached hydrogens (tertiary/aromatic N) is 2. The number of carbonyl (C=O) groups is 1. The molecule has 0 spiro atoms. The van der Waals surface area contributed by atoms with Gasteiger partial charge in [0, 0.05) is 0 Å². The number of fused-ring (bicyclic) bond motifs is 1. The third kappa shape index (κ3) is 2.19. The normalized spacial score (nSPS) is 11.0. The van der Waals surface area contributed by atoms with Gasteiger partial charge < -0.3 is 0 Å². The zero-order valence-electron chi connectivity index (χ0n) is 12.0. The van der Waals surface area contributed by atoms with Gasteiger partial charge in [-0.05, 0) is 38.5 Å². The van der Waals surface area contributed by atoms with Crippen molar-refractivity contribution >= 4 is 27.3 Å². The molecular weight excluding hydrogens is 284 g/mol. The van der Waals surface area contributed by atoms with Crippen LogP contribution in [0.1, 0.15) is 27.7 Å². The van der Waals surface area contributed by atoms with Crippen LogP contribution in [-0.4, -0.2) is 15.3 Å². The number of hydrogen-bond acceptors (Lipinski definition) is 4. The van der Waals surface area contributed by atoms with Gasteiger partial charge in [-0.2, -0.15) is 0 Å². The van der Waals surface area contributed by atoms with Crippen molar-refractivity contribution in [1.29, 1.82) is 0 Å². The number of aryl methyl sites for hydroxylation is 2. The molecule has 2 heterocycles. The number of benzene rings is 1. The highest BCUT2D eigenvalue weighted by atomic mass is 32.1. The highest BCUT2D eigenvalue weighted by Gasteiger charge is 2.17. The van der Waals surface area contributed by atoms with Gasteiger partial charge >= 0.3 is 0 Å². The van der Waals surface area contributed by atoms with E-state index in [1.165, 1.54) is 29.2 Å². The fourth-order valence-electron chi connectivity index (χ4n) is 2.35. The van der Waals surface area contributed by atoms with Crippen molar-refractivity contribution in [2.75, 3.05) is 0 Å². The average Bonchev–Trinajstić information content (AvgIpc) is 2.79. The van der Waals surface area contributed by atoms with Gasteiger partial charge in [0.25, 0.3) is 5.56 Å². The molecule has 0 fully saturated rings. The summed E-state index contributed by atoms with van der Waals surface area (Å²) in [5.74, 6) is -0.0308. The van der Waals surface area contributed by atoms with Gasteiger partial charge in [0.15, 0.2) is 5.78 Å². The Balaban J connectivity index is 2.30. The summed E-state index contributed by atoms with van der Waals surface area (Å²) in [6, 6.07) is 7.68. The molecule has 0 aliphatic heterocycles. The van der Waals surface area contributed by atoms with Gasteiger partial charge in [-0.1, -0.05) is 17.7 Å². The van der Waals surface area contributed by atoms with Crippen molar-refractivity contribution in [3.63, 3.8) is 0 Å². The fourth-order valence-corrected chi connectivity index (χ4v) is 3.38. The van der Waals surface area contributed by atoms with Crippen LogP contribution in [0.15, 0.2) is 35.4 Å². The summed E-state index contributed by atoms with van der Waals surface area (Å²) in [6.07, 6.45) is 1.52. The number of thiophene rings is 1. The first kappa shape index (κ1) is 13.7. The second-order valence-electron chi connectivity index (χ2n) is 5.05. The molecule has 5 heteroatoms. The van der Waals surface area contributed by atoms with Crippen LogP contribution in [0.3, 0.4) is 0 Å². The van der Waals surface area contributed by atoms with Gasteiger partial charge in [0.1, 0.15) is 11.2 Å². The molecule has 0 bridgehead atoms. The lowest BCUT2D eigenvalue weighted by Crippen LogP contribution is -2.18. The van der Waals surface area contributed by atoms with E-state index in [1.807, 2.05) is 31.2 Å². The van der Waals surface area contributed by atoms with Crippen molar-refractivity contribution in [2.45, 2.75) is 20.8 Å². The van der Waals surface area contributed by atoms with Gasteiger partial charge in [0.05, 0.1) is 16.0 Å². The van der Waals surface area contributed by atoms with E-state index < -0.39 is 0 Å². The van der Waals surface area contributed by atoms with Gasteiger partial charge in [-0.15, -0.1) is 11.3 Å². The van der Waals surface area contributed by atoms with Crippen molar-refractivity contribution < 1.29 is 4.79 Å². The van der Waals surface area contributed by atoms with Crippen molar-refractivity contribution in [1.82, 2.24) is 9.55 Å². The molecule has 3 aromatic rings. The quantitative estimate of drug-likeness (QED) is 0.682. The summed E-state index contributed by atoms with van der Waals surface area (Å²) in [4.78, 5) is 29.9. The van der Waals surface area contributed by atoms with E-state index in [2.05, 4.69) is 4.98 Å². The third-order valence-electron chi connectivity index (χ3n) is 3.48. The Morgan fingerprint density at radius 3 is 2.48 bits per heavy atom. The molecule has 0 saturated heterocycles. The lowest BCUT2D eigenvalue weighted by Gasteiger charge is -2.05. The minimum atomic E-state index is -0.134. The van der Waals surface area contributed by atoms with Crippen molar-refractivity contribution in [2.24, 2.45) is 0 Å². The van der Waals surface area contributed by atoms with E-state index in [9.17, 15) is 9.59 Å². The summed E-state index contributed by atoms with van der Waals surface area (Å²) >= 11 is 1.28. The number of ketones is 1. The highest BCUT2D eigenvalue weighted by Crippen LogP contribution is 2.27. The number of carbonyl (C=O) groups excluding carboxylic acids is 1. The maximum absolute atomic E-state index is 12.7. The third-order valence-corrected chi connectivity index (χ3v) is 4.78. The number of hydrogen-bond donors (Lipinski definition) is 0. The second-order valence-corrected chi connectivity index (χ2v) is 6.05. The zero-order chi connectivity index (χ0) is 15.1. The number of Topliss-reactive ketones (excluding diaryl/α,β-unsaturated/α-hetero) is 1. The van der Waals surface area contributed by atoms with Gasteiger partial charge in [0.2, 0.25) is 0 Å². The standard InChI is InChI=1S/C16H14N2O2S/c1-9-4-6-12(7-5-9)18-8-17-15-13(16(18)20)10(2)14(21-15)11(3)19/h4-8H,1-3H3. The van der Waals surface area contributed by atoms with E-state index in [0.29, 0.717) is 15.1 Å². The minimum Gasteiger partial charge on any atom is -0.294 e. The lowest BCUT2D eigenvalue weighted by atomic mass is 10.2. The predicted molar refractivity (Wildman–Crippen MR) is 84.7 cm³/mol. The molecule has 0 amide bonds. The summed E-state index contributed by atoms with van der Waals surface area (Å²) in [5.41, 5.74) is 2.49. The molecule has 1 aromatic carbocycles. The van der Waals surface area contributed by atoms with E-state index in [0.717, 1.165) is 16.8 Å². The van der Waals surface area contributed by atoms with Crippen LogP contribution in [0, 0.1) is 13.8 Å².